The molecule has 2 atom stereocenters. The van der Waals surface area contributed by atoms with Crippen molar-refractivity contribution in [3.8, 4) is 0 Å². The molecule has 0 saturated heterocycles. The zero-order chi connectivity index (χ0) is 13.0. The molecule has 1 aromatic carbocycles. The second kappa shape index (κ2) is 6.34. The molecule has 96 valence electrons. The third-order valence-electron chi connectivity index (χ3n) is 3.33. The summed E-state index contributed by atoms with van der Waals surface area (Å²) in [7, 11) is 2.03. The van der Waals surface area contributed by atoms with Crippen LogP contribution in [0.4, 0.5) is 4.39 Å². The van der Waals surface area contributed by atoms with Gasteiger partial charge in [-0.1, -0.05) is 24.6 Å². The van der Waals surface area contributed by atoms with Crippen molar-refractivity contribution < 1.29 is 4.39 Å². The molecule has 2 N–H and O–H groups in total. The fourth-order valence-corrected chi connectivity index (χ4v) is 2.04. The van der Waals surface area contributed by atoms with Crippen LogP contribution in [0, 0.1) is 5.82 Å². The lowest BCUT2D eigenvalue weighted by molar-refractivity contribution is 0.184. The van der Waals surface area contributed by atoms with Crippen molar-refractivity contribution in [2.45, 2.75) is 32.4 Å². The van der Waals surface area contributed by atoms with E-state index in [0.29, 0.717) is 12.6 Å². The van der Waals surface area contributed by atoms with Gasteiger partial charge >= 0.3 is 0 Å². The van der Waals surface area contributed by atoms with Crippen LogP contribution in [0.15, 0.2) is 18.2 Å². The average Bonchev–Trinajstić information content (AvgIpc) is 2.33. The Hall–Kier alpha value is -0.640. The van der Waals surface area contributed by atoms with Crippen LogP contribution in [-0.4, -0.2) is 24.5 Å². The molecule has 0 amide bonds. The van der Waals surface area contributed by atoms with E-state index in [1.165, 1.54) is 6.07 Å². The largest absolute Gasteiger partial charge is 0.329 e. The molecule has 17 heavy (non-hydrogen) atoms. The van der Waals surface area contributed by atoms with Crippen molar-refractivity contribution in [2.75, 3.05) is 13.6 Å². The van der Waals surface area contributed by atoms with Crippen molar-refractivity contribution in [2.24, 2.45) is 5.73 Å². The minimum absolute atomic E-state index is 0.0723. The topological polar surface area (TPSA) is 29.3 Å². The second-order valence-electron chi connectivity index (χ2n) is 4.35. The Labute approximate surface area is 108 Å². The zero-order valence-corrected chi connectivity index (χ0v) is 11.3. The van der Waals surface area contributed by atoms with Gasteiger partial charge in [0.15, 0.2) is 0 Å². The van der Waals surface area contributed by atoms with Gasteiger partial charge in [0.1, 0.15) is 5.82 Å². The predicted molar refractivity (Wildman–Crippen MR) is 70.7 cm³/mol. The SMILES string of the molecule is CCC(C)N(C)C(CN)c1ccc(F)c(Cl)c1. The molecule has 0 bridgehead atoms. The molecule has 0 heterocycles. The number of nitrogens with zero attached hydrogens (tertiary/aromatic N) is 1. The molecule has 0 spiro atoms. The molecule has 1 aromatic rings. The van der Waals surface area contributed by atoms with E-state index in [2.05, 4.69) is 18.7 Å². The van der Waals surface area contributed by atoms with Gasteiger partial charge in [-0.15, -0.1) is 0 Å². The molecule has 0 fully saturated rings. The van der Waals surface area contributed by atoms with Crippen molar-refractivity contribution in [1.29, 1.82) is 0 Å². The van der Waals surface area contributed by atoms with Gasteiger partial charge in [-0.3, -0.25) is 4.90 Å². The fraction of sp³-hybridized carbons (Fsp3) is 0.538. The van der Waals surface area contributed by atoms with Crippen LogP contribution in [0.5, 0.6) is 0 Å². The van der Waals surface area contributed by atoms with E-state index >= 15 is 0 Å². The molecule has 0 aliphatic heterocycles. The summed E-state index contributed by atoms with van der Waals surface area (Å²) in [5.41, 5.74) is 6.77. The maximum atomic E-state index is 13.1. The summed E-state index contributed by atoms with van der Waals surface area (Å²) in [6, 6.07) is 5.30. The quantitative estimate of drug-likeness (QED) is 0.879. The maximum absolute atomic E-state index is 13.1. The molecule has 0 aliphatic carbocycles. The van der Waals surface area contributed by atoms with Gasteiger partial charge in [-0.25, -0.2) is 4.39 Å². The molecule has 0 saturated carbocycles. The highest BCUT2D eigenvalue weighted by atomic mass is 35.5. The minimum Gasteiger partial charge on any atom is -0.329 e. The first kappa shape index (κ1) is 14.4. The van der Waals surface area contributed by atoms with Crippen LogP contribution >= 0.6 is 11.6 Å². The summed E-state index contributed by atoms with van der Waals surface area (Å²) in [6.45, 7) is 4.77. The molecule has 0 aliphatic rings. The molecule has 0 aromatic heterocycles. The van der Waals surface area contributed by atoms with Crippen LogP contribution < -0.4 is 5.73 Å². The number of likely N-dealkylation sites (N-methyl/N-ethyl adjacent to an activating group) is 1. The molecule has 0 radical (unpaired) electrons. The van der Waals surface area contributed by atoms with Gasteiger partial charge in [0, 0.05) is 18.6 Å². The van der Waals surface area contributed by atoms with E-state index in [1.54, 1.807) is 12.1 Å². The third-order valence-corrected chi connectivity index (χ3v) is 3.62. The summed E-state index contributed by atoms with van der Waals surface area (Å²) >= 11 is 5.80. The first-order valence-corrected chi connectivity index (χ1v) is 6.26. The van der Waals surface area contributed by atoms with E-state index in [-0.39, 0.29) is 11.1 Å². The number of nitrogens with two attached hydrogens (primary N) is 1. The summed E-state index contributed by atoms with van der Waals surface area (Å²) in [6.07, 6.45) is 1.04. The Morgan fingerprint density at radius 1 is 1.47 bits per heavy atom. The lowest BCUT2D eigenvalue weighted by atomic mass is 10.0. The number of benzene rings is 1. The number of hydrogen-bond acceptors (Lipinski definition) is 2. The Morgan fingerprint density at radius 2 is 2.12 bits per heavy atom. The van der Waals surface area contributed by atoms with Gasteiger partial charge in [-0.2, -0.15) is 0 Å². The highest BCUT2D eigenvalue weighted by Crippen LogP contribution is 2.25. The van der Waals surface area contributed by atoms with E-state index in [4.69, 9.17) is 17.3 Å². The first-order valence-electron chi connectivity index (χ1n) is 5.88. The smallest absolute Gasteiger partial charge is 0.141 e. The second-order valence-corrected chi connectivity index (χ2v) is 4.75. The summed E-state index contributed by atoms with van der Waals surface area (Å²) in [5, 5.41) is 0.151. The molecule has 4 heteroatoms. The number of hydrogen-bond donors (Lipinski definition) is 1. The summed E-state index contributed by atoms with van der Waals surface area (Å²) in [4.78, 5) is 2.20. The standard InChI is InChI=1S/C13H20ClFN2/c1-4-9(2)17(3)13(8-16)10-5-6-12(15)11(14)7-10/h5-7,9,13H,4,8,16H2,1-3H3. The molecule has 2 nitrogen and oxygen atoms in total. The third kappa shape index (κ3) is 3.41. The average molecular weight is 259 g/mol. The lowest BCUT2D eigenvalue weighted by Crippen LogP contribution is -2.36. The van der Waals surface area contributed by atoms with E-state index in [1.807, 2.05) is 7.05 Å². The normalized spacial score (nSPS) is 15.0. The van der Waals surface area contributed by atoms with Crippen LogP contribution in [-0.2, 0) is 0 Å². The van der Waals surface area contributed by atoms with Gasteiger partial charge in [0.2, 0.25) is 0 Å². The van der Waals surface area contributed by atoms with Crippen molar-refractivity contribution in [3.05, 3.63) is 34.6 Å². The predicted octanol–water partition coefficient (Wildman–Crippen LogP) is 3.21. The summed E-state index contributed by atoms with van der Waals surface area (Å²) in [5.74, 6) is -0.391. The number of rotatable bonds is 5. The van der Waals surface area contributed by atoms with Crippen LogP contribution in [0.1, 0.15) is 31.9 Å². The number of halogens is 2. The highest BCUT2D eigenvalue weighted by Gasteiger charge is 2.20. The molecule has 2 unspecified atom stereocenters. The fourth-order valence-electron chi connectivity index (χ4n) is 1.85. The molecular formula is C13H20ClFN2. The Kier molecular flexibility index (Phi) is 5.37. The lowest BCUT2D eigenvalue weighted by Gasteiger charge is -2.32. The van der Waals surface area contributed by atoms with E-state index in [9.17, 15) is 4.39 Å². The van der Waals surface area contributed by atoms with Crippen LogP contribution in [0.2, 0.25) is 5.02 Å². The Morgan fingerprint density at radius 3 is 2.59 bits per heavy atom. The van der Waals surface area contributed by atoms with Crippen LogP contribution in [0.25, 0.3) is 0 Å². The van der Waals surface area contributed by atoms with Gasteiger partial charge in [0.05, 0.1) is 5.02 Å². The van der Waals surface area contributed by atoms with Gasteiger partial charge < -0.3 is 5.73 Å². The highest BCUT2D eigenvalue weighted by molar-refractivity contribution is 6.30. The van der Waals surface area contributed by atoms with Crippen LogP contribution in [0.3, 0.4) is 0 Å². The van der Waals surface area contributed by atoms with Crippen molar-refractivity contribution >= 4 is 11.6 Å². The monoisotopic (exact) mass is 258 g/mol. The minimum atomic E-state index is -0.391. The van der Waals surface area contributed by atoms with Crippen molar-refractivity contribution in [3.63, 3.8) is 0 Å². The van der Waals surface area contributed by atoms with Gasteiger partial charge in [-0.05, 0) is 38.1 Å². The van der Waals surface area contributed by atoms with Crippen molar-refractivity contribution in [1.82, 2.24) is 4.90 Å². The molecular weight excluding hydrogens is 239 g/mol. The molecule has 1 rings (SSSR count). The maximum Gasteiger partial charge on any atom is 0.141 e. The Balaban J connectivity index is 2.97. The van der Waals surface area contributed by atoms with E-state index in [0.717, 1.165) is 12.0 Å². The Bertz CT molecular complexity index is 370. The zero-order valence-electron chi connectivity index (χ0n) is 10.6. The first-order chi connectivity index (χ1) is 8.01. The van der Waals surface area contributed by atoms with E-state index < -0.39 is 5.82 Å². The van der Waals surface area contributed by atoms with Gasteiger partial charge in [0.25, 0.3) is 0 Å². The summed E-state index contributed by atoms with van der Waals surface area (Å²) < 4.78 is 13.1.